The summed E-state index contributed by atoms with van der Waals surface area (Å²) in [4.78, 5) is 3.38. The fourth-order valence-electron chi connectivity index (χ4n) is 3.44. The van der Waals surface area contributed by atoms with E-state index in [-0.39, 0.29) is 0 Å². The molecule has 1 atom stereocenters. The van der Waals surface area contributed by atoms with Crippen LogP contribution in [0.5, 0.6) is 0 Å². The normalized spacial score (nSPS) is 18.4. The lowest BCUT2D eigenvalue weighted by Gasteiger charge is -2.28. The maximum absolute atomic E-state index is 5.59. The van der Waals surface area contributed by atoms with E-state index in [0.29, 0.717) is 12.0 Å². The van der Waals surface area contributed by atoms with Crippen LogP contribution in [-0.4, -0.2) is 32.5 Å². The van der Waals surface area contributed by atoms with Gasteiger partial charge in [0.15, 0.2) is 10.4 Å². The number of imidazole rings is 1. The van der Waals surface area contributed by atoms with E-state index in [1.165, 1.54) is 0 Å². The Bertz CT molecular complexity index is 678. The Morgan fingerprint density at radius 1 is 1.43 bits per heavy atom. The van der Waals surface area contributed by atoms with Gasteiger partial charge >= 0.3 is 0 Å². The molecule has 1 aliphatic heterocycles. The quantitative estimate of drug-likeness (QED) is 0.881. The molecule has 3 rings (SSSR count). The Balaban J connectivity index is 2.05. The summed E-state index contributed by atoms with van der Waals surface area (Å²) in [5, 5.41) is 4.66. The van der Waals surface area contributed by atoms with Crippen LogP contribution in [0, 0.1) is 10.7 Å². The van der Waals surface area contributed by atoms with Gasteiger partial charge in [-0.25, -0.2) is 0 Å². The minimum atomic E-state index is 0.375. The molecule has 0 saturated carbocycles. The van der Waals surface area contributed by atoms with Gasteiger partial charge in [-0.3, -0.25) is 9.25 Å². The van der Waals surface area contributed by atoms with Crippen molar-refractivity contribution in [2.45, 2.75) is 45.6 Å². The Morgan fingerprint density at radius 3 is 2.81 bits per heavy atom. The third kappa shape index (κ3) is 2.55. The molecule has 116 valence electrons. The van der Waals surface area contributed by atoms with E-state index in [0.717, 1.165) is 60.5 Å². The zero-order chi connectivity index (χ0) is 15.0. The highest BCUT2D eigenvalue weighted by Gasteiger charge is 2.25. The van der Waals surface area contributed by atoms with Gasteiger partial charge in [0.2, 0.25) is 0 Å². The van der Waals surface area contributed by atoms with Gasteiger partial charge in [0.05, 0.1) is 5.69 Å². The monoisotopic (exact) mass is 308 g/mol. The molecule has 6 heteroatoms. The summed E-state index contributed by atoms with van der Waals surface area (Å²) in [5.74, 6) is 0.619. The fourth-order valence-corrected chi connectivity index (χ4v) is 3.79. The number of hydrogen-bond acceptors (Lipinski definition) is 3. The van der Waals surface area contributed by atoms with Crippen LogP contribution in [0.3, 0.4) is 0 Å². The first-order valence-electron chi connectivity index (χ1n) is 7.87. The SMILES string of the molecule is CCCc1nn(C)c2c1[nH]c(=S)n2C(C)C1CCOCC1. The van der Waals surface area contributed by atoms with E-state index >= 15 is 0 Å². The van der Waals surface area contributed by atoms with Crippen molar-refractivity contribution in [3.05, 3.63) is 10.5 Å². The number of aromatic nitrogens is 4. The minimum absolute atomic E-state index is 0.375. The minimum Gasteiger partial charge on any atom is -0.381 e. The van der Waals surface area contributed by atoms with Crippen LogP contribution in [0.25, 0.3) is 11.2 Å². The number of rotatable bonds is 4. The summed E-state index contributed by atoms with van der Waals surface area (Å²) in [6.07, 6.45) is 4.29. The summed E-state index contributed by atoms with van der Waals surface area (Å²) >= 11 is 5.59. The van der Waals surface area contributed by atoms with Gasteiger partial charge < -0.3 is 9.72 Å². The summed E-state index contributed by atoms with van der Waals surface area (Å²) in [7, 11) is 2.01. The van der Waals surface area contributed by atoms with Gasteiger partial charge in [0.25, 0.3) is 0 Å². The van der Waals surface area contributed by atoms with Gasteiger partial charge in [0.1, 0.15) is 5.52 Å². The van der Waals surface area contributed by atoms with E-state index in [2.05, 4.69) is 28.5 Å². The van der Waals surface area contributed by atoms with Crippen molar-refractivity contribution in [3.8, 4) is 0 Å². The molecule has 0 spiro atoms. The van der Waals surface area contributed by atoms with Gasteiger partial charge in [-0.05, 0) is 44.3 Å². The van der Waals surface area contributed by atoms with Crippen molar-refractivity contribution in [3.63, 3.8) is 0 Å². The summed E-state index contributed by atoms with van der Waals surface area (Å²) < 4.78 is 10.5. The molecule has 1 saturated heterocycles. The number of hydrogen-bond donors (Lipinski definition) is 1. The molecule has 1 aliphatic rings. The molecule has 1 N–H and O–H groups in total. The number of fused-ring (bicyclic) bond motifs is 1. The molecular formula is C15H24N4OS. The Labute approximate surface area is 130 Å². The van der Waals surface area contributed by atoms with Crippen LogP contribution in [0.4, 0.5) is 0 Å². The standard InChI is InChI=1S/C15H24N4OS/c1-4-5-12-13-14(18(3)17-12)19(15(21)16-13)10(2)11-6-8-20-9-7-11/h10-11H,4-9H2,1-3H3,(H,16,21). The zero-order valence-electron chi connectivity index (χ0n) is 13.1. The maximum atomic E-state index is 5.59. The van der Waals surface area contributed by atoms with Crippen LogP contribution < -0.4 is 0 Å². The third-order valence-corrected chi connectivity index (χ3v) is 4.91. The van der Waals surface area contributed by atoms with Crippen molar-refractivity contribution in [2.24, 2.45) is 13.0 Å². The van der Waals surface area contributed by atoms with E-state index in [1.54, 1.807) is 0 Å². The van der Waals surface area contributed by atoms with Crippen LogP contribution in [-0.2, 0) is 18.2 Å². The second-order valence-electron chi connectivity index (χ2n) is 6.01. The number of aromatic amines is 1. The molecule has 2 aromatic rings. The number of aryl methyl sites for hydroxylation is 2. The first-order chi connectivity index (χ1) is 10.1. The summed E-state index contributed by atoms with van der Waals surface area (Å²) in [5.41, 5.74) is 3.37. The fraction of sp³-hybridized carbons (Fsp3) is 0.733. The Morgan fingerprint density at radius 2 is 2.14 bits per heavy atom. The van der Waals surface area contributed by atoms with Gasteiger partial charge in [-0.15, -0.1) is 0 Å². The van der Waals surface area contributed by atoms with E-state index in [4.69, 9.17) is 17.0 Å². The van der Waals surface area contributed by atoms with Gasteiger partial charge in [0, 0.05) is 26.3 Å². The largest absolute Gasteiger partial charge is 0.381 e. The summed E-state index contributed by atoms with van der Waals surface area (Å²) in [6.45, 7) is 6.17. The average molecular weight is 308 g/mol. The molecule has 0 aromatic carbocycles. The van der Waals surface area contributed by atoms with Crippen LogP contribution >= 0.6 is 12.2 Å². The van der Waals surface area contributed by atoms with Crippen LogP contribution in [0.2, 0.25) is 0 Å². The highest BCUT2D eigenvalue weighted by Crippen LogP contribution is 2.31. The first kappa shape index (κ1) is 14.8. The van der Waals surface area contributed by atoms with Crippen molar-refractivity contribution in [1.82, 2.24) is 19.3 Å². The lowest BCUT2D eigenvalue weighted by molar-refractivity contribution is 0.0515. The lowest BCUT2D eigenvalue weighted by Crippen LogP contribution is -2.24. The van der Waals surface area contributed by atoms with Gasteiger partial charge in [-0.2, -0.15) is 5.10 Å². The molecule has 0 radical (unpaired) electrons. The zero-order valence-corrected chi connectivity index (χ0v) is 13.9. The molecule has 1 fully saturated rings. The Kier molecular flexibility index (Phi) is 4.17. The number of nitrogens with zero attached hydrogens (tertiary/aromatic N) is 3. The van der Waals surface area contributed by atoms with Crippen molar-refractivity contribution >= 4 is 23.4 Å². The molecule has 21 heavy (non-hydrogen) atoms. The molecule has 0 aliphatic carbocycles. The topological polar surface area (TPSA) is 47.8 Å². The molecule has 2 aromatic heterocycles. The van der Waals surface area contributed by atoms with Crippen LogP contribution in [0.1, 0.15) is 44.8 Å². The van der Waals surface area contributed by atoms with Crippen LogP contribution in [0.15, 0.2) is 0 Å². The smallest absolute Gasteiger partial charge is 0.179 e. The highest BCUT2D eigenvalue weighted by molar-refractivity contribution is 7.71. The Hall–Kier alpha value is -1.14. The molecule has 0 bridgehead atoms. The van der Waals surface area contributed by atoms with Gasteiger partial charge in [-0.1, -0.05) is 13.3 Å². The first-order valence-corrected chi connectivity index (χ1v) is 8.28. The number of ether oxygens (including phenoxy) is 1. The van der Waals surface area contributed by atoms with Crippen molar-refractivity contribution in [2.75, 3.05) is 13.2 Å². The number of H-pyrrole nitrogens is 1. The second-order valence-corrected chi connectivity index (χ2v) is 6.40. The molecule has 0 amide bonds. The second kappa shape index (κ2) is 5.93. The maximum Gasteiger partial charge on any atom is 0.179 e. The molecule has 1 unspecified atom stereocenters. The lowest BCUT2D eigenvalue weighted by atomic mass is 9.93. The average Bonchev–Trinajstić information content (AvgIpc) is 2.97. The van der Waals surface area contributed by atoms with Crippen molar-refractivity contribution < 1.29 is 4.74 Å². The summed E-state index contributed by atoms with van der Waals surface area (Å²) in [6, 6.07) is 0.375. The molecule has 3 heterocycles. The predicted octanol–water partition coefficient (Wildman–Crippen LogP) is 3.37. The number of nitrogens with one attached hydrogen (secondary N) is 1. The highest BCUT2D eigenvalue weighted by atomic mass is 32.1. The van der Waals surface area contributed by atoms with E-state index < -0.39 is 0 Å². The molecular weight excluding hydrogens is 284 g/mol. The predicted molar refractivity (Wildman–Crippen MR) is 86.1 cm³/mol. The van der Waals surface area contributed by atoms with E-state index in [1.807, 2.05) is 11.7 Å². The van der Waals surface area contributed by atoms with Crippen molar-refractivity contribution in [1.29, 1.82) is 0 Å². The molecule has 5 nitrogen and oxygen atoms in total. The van der Waals surface area contributed by atoms with E-state index in [9.17, 15) is 0 Å². The third-order valence-electron chi connectivity index (χ3n) is 4.61.